The first-order valence-corrected chi connectivity index (χ1v) is 5.48. The maximum atomic E-state index is 5.50. The van der Waals surface area contributed by atoms with Crippen LogP contribution in [0, 0.1) is 0 Å². The second-order valence-electron chi connectivity index (χ2n) is 3.49. The van der Waals surface area contributed by atoms with Crippen LogP contribution in [0.3, 0.4) is 0 Å². The molecule has 0 saturated carbocycles. The van der Waals surface area contributed by atoms with E-state index in [0.29, 0.717) is 11.2 Å². The third-order valence-electron chi connectivity index (χ3n) is 1.95. The number of halogens is 1. The van der Waals surface area contributed by atoms with Crippen LogP contribution in [0.5, 0.6) is 0 Å². The van der Waals surface area contributed by atoms with Gasteiger partial charge in [-0.2, -0.15) is 0 Å². The molecule has 3 N–H and O–H groups in total. The molecule has 0 fully saturated rings. The number of nitrogens with one attached hydrogen (secondary N) is 1. The molecule has 0 radical (unpaired) electrons. The lowest BCUT2D eigenvalue weighted by Crippen LogP contribution is -2.33. The van der Waals surface area contributed by atoms with Crippen LogP contribution in [-0.4, -0.2) is 27.7 Å². The number of hydrazine groups is 1. The minimum Gasteiger partial charge on any atom is -0.377 e. The Balaban J connectivity index is 2.74. The Kier molecular flexibility index (Phi) is 4.65. The summed E-state index contributed by atoms with van der Waals surface area (Å²) >= 11 is 3.32. The number of nitrogens with two attached hydrogens (primary N) is 1. The van der Waals surface area contributed by atoms with Gasteiger partial charge >= 0.3 is 0 Å². The highest BCUT2D eigenvalue weighted by Crippen LogP contribution is 2.20. The van der Waals surface area contributed by atoms with Gasteiger partial charge < -0.3 is 4.74 Å². The standard InChI is InChI=1S/C8H16BrN5O/c1-5(2)15-4-6(11-10)7-8(9)12-13-14(7)3/h5-6,11H,4,10H2,1-3H3. The first kappa shape index (κ1) is 12.6. The zero-order valence-electron chi connectivity index (χ0n) is 9.07. The molecule has 1 unspecified atom stereocenters. The molecule has 1 atom stereocenters. The summed E-state index contributed by atoms with van der Waals surface area (Å²) in [6.45, 7) is 4.43. The average molecular weight is 278 g/mol. The van der Waals surface area contributed by atoms with Crippen molar-refractivity contribution in [3.05, 3.63) is 10.3 Å². The second-order valence-corrected chi connectivity index (χ2v) is 4.24. The van der Waals surface area contributed by atoms with Crippen LogP contribution in [0.25, 0.3) is 0 Å². The van der Waals surface area contributed by atoms with Gasteiger partial charge in [0.2, 0.25) is 0 Å². The number of hydrogen-bond acceptors (Lipinski definition) is 5. The van der Waals surface area contributed by atoms with Crippen LogP contribution < -0.4 is 11.3 Å². The van der Waals surface area contributed by atoms with Gasteiger partial charge in [0.05, 0.1) is 24.4 Å². The van der Waals surface area contributed by atoms with Crippen LogP contribution in [0.2, 0.25) is 0 Å². The molecule has 6 nitrogen and oxygen atoms in total. The molecule has 0 amide bonds. The number of nitrogens with zero attached hydrogens (tertiary/aromatic N) is 3. The van der Waals surface area contributed by atoms with Gasteiger partial charge in [-0.15, -0.1) is 5.10 Å². The van der Waals surface area contributed by atoms with Crippen molar-refractivity contribution in [3.63, 3.8) is 0 Å². The van der Waals surface area contributed by atoms with Crippen molar-refractivity contribution in [2.24, 2.45) is 12.9 Å². The predicted molar refractivity (Wildman–Crippen MR) is 59.9 cm³/mol. The van der Waals surface area contributed by atoms with Crippen molar-refractivity contribution in [2.45, 2.75) is 26.0 Å². The molecule has 1 heterocycles. The molecule has 1 aromatic heterocycles. The zero-order valence-corrected chi connectivity index (χ0v) is 10.7. The van der Waals surface area contributed by atoms with Gasteiger partial charge in [-0.05, 0) is 29.8 Å². The summed E-state index contributed by atoms with van der Waals surface area (Å²) in [6.07, 6.45) is 0.167. The monoisotopic (exact) mass is 277 g/mol. The Morgan fingerprint density at radius 2 is 2.27 bits per heavy atom. The van der Waals surface area contributed by atoms with Crippen molar-refractivity contribution in [2.75, 3.05) is 6.61 Å². The quantitative estimate of drug-likeness (QED) is 0.606. The van der Waals surface area contributed by atoms with E-state index in [1.165, 1.54) is 0 Å². The summed E-state index contributed by atoms with van der Waals surface area (Å²) in [5.41, 5.74) is 3.56. The molecule has 15 heavy (non-hydrogen) atoms. The lowest BCUT2D eigenvalue weighted by atomic mass is 10.2. The van der Waals surface area contributed by atoms with Crippen LogP contribution in [0.15, 0.2) is 4.60 Å². The van der Waals surface area contributed by atoms with E-state index in [1.54, 1.807) is 4.68 Å². The highest BCUT2D eigenvalue weighted by molar-refractivity contribution is 9.10. The van der Waals surface area contributed by atoms with Gasteiger partial charge in [0, 0.05) is 7.05 Å². The molecule has 7 heteroatoms. The third-order valence-corrected chi connectivity index (χ3v) is 2.52. The van der Waals surface area contributed by atoms with Gasteiger partial charge in [0.15, 0.2) is 4.60 Å². The molecular formula is C8H16BrN5O. The van der Waals surface area contributed by atoms with E-state index in [0.717, 1.165) is 5.69 Å². The van der Waals surface area contributed by atoms with Gasteiger partial charge in [0.1, 0.15) is 0 Å². The Labute approximate surface area is 97.3 Å². The molecule has 0 aliphatic rings. The van der Waals surface area contributed by atoms with E-state index in [-0.39, 0.29) is 12.1 Å². The maximum absolute atomic E-state index is 5.50. The molecular weight excluding hydrogens is 262 g/mol. The number of aryl methyl sites for hydroxylation is 1. The van der Waals surface area contributed by atoms with E-state index < -0.39 is 0 Å². The van der Waals surface area contributed by atoms with Crippen molar-refractivity contribution in [1.29, 1.82) is 0 Å². The molecule has 86 valence electrons. The fraction of sp³-hybridized carbons (Fsp3) is 0.750. The molecule has 0 aliphatic carbocycles. The normalized spacial score (nSPS) is 13.5. The smallest absolute Gasteiger partial charge is 0.153 e. The Hall–Kier alpha value is -0.500. The third kappa shape index (κ3) is 3.23. The van der Waals surface area contributed by atoms with Crippen LogP contribution in [0.1, 0.15) is 25.6 Å². The SMILES string of the molecule is CC(C)OCC(NN)c1c(Br)nnn1C. The highest BCUT2D eigenvalue weighted by Gasteiger charge is 2.19. The summed E-state index contributed by atoms with van der Waals surface area (Å²) in [5.74, 6) is 5.47. The fourth-order valence-corrected chi connectivity index (χ4v) is 1.81. The summed E-state index contributed by atoms with van der Waals surface area (Å²) in [4.78, 5) is 0. The molecule has 1 aromatic rings. The lowest BCUT2D eigenvalue weighted by molar-refractivity contribution is 0.0594. The molecule has 0 aliphatic heterocycles. The van der Waals surface area contributed by atoms with E-state index in [9.17, 15) is 0 Å². The Bertz CT molecular complexity index is 294. The largest absolute Gasteiger partial charge is 0.377 e. The van der Waals surface area contributed by atoms with E-state index >= 15 is 0 Å². The number of aromatic nitrogens is 3. The number of hydrogen-bond donors (Lipinski definition) is 2. The summed E-state index contributed by atoms with van der Waals surface area (Å²) in [6, 6.07) is -0.123. The first-order valence-electron chi connectivity index (χ1n) is 4.69. The zero-order chi connectivity index (χ0) is 11.4. The van der Waals surface area contributed by atoms with Crippen molar-refractivity contribution >= 4 is 15.9 Å². The van der Waals surface area contributed by atoms with E-state index in [2.05, 4.69) is 31.7 Å². The maximum Gasteiger partial charge on any atom is 0.153 e. The topological polar surface area (TPSA) is 78.0 Å². The number of ether oxygens (including phenoxy) is 1. The summed E-state index contributed by atoms with van der Waals surface area (Å²) in [5, 5.41) is 7.77. The Morgan fingerprint density at radius 3 is 2.67 bits per heavy atom. The fourth-order valence-electron chi connectivity index (χ4n) is 1.20. The van der Waals surface area contributed by atoms with Crippen molar-refractivity contribution in [1.82, 2.24) is 20.4 Å². The van der Waals surface area contributed by atoms with Gasteiger partial charge in [-0.3, -0.25) is 5.84 Å². The molecule has 0 aromatic carbocycles. The van der Waals surface area contributed by atoms with Gasteiger partial charge in [0.25, 0.3) is 0 Å². The Morgan fingerprint density at radius 1 is 1.60 bits per heavy atom. The highest BCUT2D eigenvalue weighted by atomic mass is 79.9. The predicted octanol–water partition coefficient (Wildman–Crippen LogP) is 0.507. The van der Waals surface area contributed by atoms with Gasteiger partial charge in [-0.25, -0.2) is 10.1 Å². The van der Waals surface area contributed by atoms with E-state index in [1.807, 2.05) is 20.9 Å². The molecule has 0 saturated heterocycles. The van der Waals surface area contributed by atoms with E-state index in [4.69, 9.17) is 10.6 Å². The first-order chi connectivity index (χ1) is 7.06. The van der Waals surface area contributed by atoms with Crippen LogP contribution in [-0.2, 0) is 11.8 Å². The molecule has 0 spiro atoms. The number of rotatable bonds is 5. The van der Waals surface area contributed by atoms with Gasteiger partial charge in [-0.1, -0.05) is 5.21 Å². The van der Waals surface area contributed by atoms with Crippen LogP contribution >= 0.6 is 15.9 Å². The lowest BCUT2D eigenvalue weighted by Gasteiger charge is -2.17. The molecule has 1 rings (SSSR count). The summed E-state index contributed by atoms with van der Waals surface area (Å²) in [7, 11) is 1.81. The summed E-state index contributed by atoms with van der Waals surface area (Å²) < 4.78 is 7.84. The van der Waals surface area contributed by atoms with Crippen molar-refractivity contribution < 1.29 is 4.74 Å². The average Bonchev–Trinajstić information content (AvgIpc) is 2.49. The minimum absolute atomic E-state index is 0.123. The minimum atomic E-state index is -0.123. The molecule has 0 bridgehead atoms. The van der Waals surface area contributed by atoms with Crippen LogP contribution in [0.4, 0.5) is 0 Å². The van der Waals surface area contributed by atoms with Crippen molar-refractivity contribution in [3.8, 4) is 0 Å². The second kappa shape index (κ2) is 5.55.